The summed E-state index contributed by atoms with van der Waals surface area (Å²) >= 11 is 5.76. The highest BCUT2D eigenvalue weighted by molar-refractivity contribution is 6.20. The first kappa shape index (κ1) is 9.76. The van der Waals surface area contributed by atoms with Gasteiger partial charge in [0.25, 0.3) is 0 Å². The first-order valence-corrected chi connectivity index (χ1v) is 3.96. The van der Waals surface area contributed by atoms with Gasteiger partial charge in [0.05, 0.1) is 0 Å². The largest absolute Gasteiger partial charge is 0.481 e. The Morgan fingerprint density at radius 2 is 2.20 bits per heavy atom. The molecule has 0 spiro atoms. The molecule has 0 aliphatic rings. The molecule has 0 bridgehead atoms. The topological polar surface area (TPSA) is 37.3 Å². The van der Waals surface area contributed by atoms with Crippen LogP contribution in [0, 0.1) is 0 Å². The summed E-state index contributed by atoms with van der Waals surface area (Å²) in [5.74, 6) is -0.762. The van der Waals surface area contributed by atoms with Crippen molar-refractivity contribution in [2.45, 2.75) is 38.0 Å². The number of carboxylic acids is 1. The molecular weight excluding hydrogens is 152 g/mol. The molecule has 1 atom stereocenters. The van der Waals surface area contributed by atoms with E-state index in [1.54, 1.807) is 0 Å². The van der Waals surface area contributed by atoms with Crippen molar-refractivity contribution < 1.29 is 9.90 Å². The van der Waals surface area contributed by atoms with Gasteiger partial charge in [0.2, 0.25) is 0 Å². The summed E-state index contributed by atoms with van der Waals surface area (Å²) < 4.78 is 0. The normalized spacial score (nSPS) is 13.0. The van der Waals surface area contributed by atoms with Gasteiger partial charge in [-0.25, -0.2) is 0 Å². The van der Waals surface area contributed by atoms with Crippen LogP contribution in [0.1, 0.15) is 32.6 Å². The number of aliphatic carboxylic acids is 1. The van der Waals surface area contributed by atoms with Crippen LogP contribution in [0.3, 0.4) is 0 Å². The van der Waals surface area contributed by atoms with E-state index in [1.807, 2.05) is 6.92 Å². The van der Waals surface area contributed by atoms with E-state index in [0.29, 0.717) is 6.42 Å². The fourth-order valence-electron chi connectivity index (χ4n) is 0.738. The van der Waals surface area contributed by atoms with Crippen molar-refractivity contribution in [2.75, 3.05) is 0 Å². The Bertz CT molecular complexity index is 104. The molecule has 0 aromatic carbocycles. The minimum Gasteiger partial charge on any atom is -0.481 e. The monoisotopic (exact) mass is 164 g/mol. The number of carboxylic acid groups (broad SMARTS) is 1. The van der Waals surface area contributed by atoms with E-state index in [1.165, 1.54) is 0 Å². The van der Waals surface area contributed by atoms with Crippen molar-refractivity contribution in [3.05, 3.63) is 0 Å². The van der Waals surface area contributed by atoms with Crippen molar-refractivity contribution in [1.82, 2.24) is 0 Å². The average Bonchev–Trinajstić information content (AvgIpc) is 1.85. The van der Waals surface area contributed by atoms with Crippen LogP contribution in [0.4, 0.5) is 0 Å². The number of hydrogen-bond donors (Lipinski definition) is 1. The van der Waals surface area contributed by atoms with Crippen LogP contribution < -0.4 is 0 Å². The zero-order valence-corrected chi connectivity index (χ0v) is 6.90. The minimum atomic E-state index is -0.762. The fourth-order valence-corrected chi connectivity index (χ4v) is 1.06. The molecule has 1 unspecified atom stereocenters. The lowest BCUT2D eigenvalue weighted by molar-refractivity contribution is -0.137. The first-order chi connectivity index (χ1) is 4.66. The molecule has 3 heteroatoms. The molecule has 0 fully saturated rings. The number of hydrogen-bond acceptors (Lipinski definition) is 1. The first-order valence-electron chi connectivity index (χ1n) is 3.52. The SMILES string of the molecule is CCCC(Cl)CCC(=O)O. The summed E-state index contributed by atoms with van der Waals surface area (Å²) in [5, 5.41) is 8.31. The van der Waals surface area contributed by atoms with E-state index < -0.39 is 5.97 Å². The third-order valence-electron chi connectivity index (χ3n) is 1.27. The Kier molecular flexibility index (Phi) is 5.40. The Labute approximate surface area is 66.2 Å². The summed E-state index contributed by atoms with van der Waals surface area (Å²) in [4.78, 5) is 10.0. The van der Waals surface area contributed by atoms with Crippen molar-refractivity contribution in [3.8, 4) is 0 Å². The highest BCUT2D eigenvalue weighted by atomic mass is 35.5. The van der Waals surface area contributed by atoms with E-state index in [-0.39, 0.29) is 11.8 Å². The standard InChI is InChI=1S/C7H13ClO2/c1-2-3-6(8)4-5-7(9)10/h6H,2-5H2,1H3,(H,9,10). The number of carbonyl (C=O) groups is 1. The van der Waals surface area contributed by atoms with Gasteiger partial charge in [-0.05, 0) is 12.8 Å². The molecule has 0 radical (unpaired) electrons. The van der Waals surface area contributed by atoms with Crippen LogP contribution in [0.25, 0.3) is 0 Å². The fraction of sp³-hybridized carbons (Fsp3) is 0.857. The van der Waals surface area contributed by atoms with E-state index in [9.17, 15) is 4.79 Å². The molecule has 0 aromatic heterocycles. The third-order valence-corrected chi connectivity index (χ3v) is 1.71. The Balaban J connectivity index is 3.21. The molecule has 2 nitrogen and oxygen atoms in total. The molecular formula is C7H13ClO2. The van der Waals surface area contributed by atoms with Gasteiger partial charge in [-0.1, -0.05) is 13.3 Å². The van der Waals surface area contributed by atoms with Crippen molar-refractivity contribution >= 4 is 17.6 Å². The Hall–Kier alpha value is -0.240. The van der Waals surface area contributed by atoms with Gasteiger partial charge in [0, 0.05) is 11.8 Å². The number of halogens is 1. The summed E-state index contributed by atoms with van der Waals surface area (Å²) in [7, 11) is 0. The van der Waals surface area contributed by atoms with Gasteiger partial charge in [-0.2, -0.15) is 0 Å². The van der Waals surface area contributed by atoms with Gasteiger partial charge in [-0.3, -0.25) is 4.79 Å². The molecule has 0 rings (SSSR count). The highest BCUT2D eigenvalue weighted by Crippen LogP contribution is 2.11. The zero-order valence-electron chi connectivity index (χ0n) is 6.14. The molecule has 10 heavy (non-hydrogen) atoms. The second-order valence-electron chi connectivity index (χ2n) is 2.32. The van der Waals surface area contributed by atoms with Crippen LogP contribution in [0.2, 0.25) is 0 Å². The summed E-state index contributed by atoms with van der Waals surface area (Å²) in [6.45, 7) is 2.04. The van der Waals surface area contributed by atoms with Gasteiger partial charge >= 0.3 is 5.97 Å². The maximum Gasteiger partial charge on any atom is 0.303 e. The van der Waals surface area contributed by atoms with Crippen molar-refractivity contribution in [3.63, 3.8) is 0 Å². The van der Waals surface area contributed by atoms with Gasteiger partial charge in [0.1, 0.15) is 0 Å². The summed E-state index contributed by atoms with van der Waals surface area (Å²) in [6.07, 6.45) is 2.71. The third kappa shape index (κ3) is 5.89. The minimum absolute atomic E-state index is 0.0427. The predicted octanol–water partition coefficient (Wildman–Crippen LogP) is 2.26. The molecule has 0 saturated heterocycles. The molecule has 60 valence electrons. The summed E-state index contributed by atoms with van der Waals surface area (Å²) in [5.41, 5.74) is 0. The van der Waals surface area contributed by atoms with Crippen LogP contribution in [-0.2, 0) is 4.79 Å². The van der Waals surface area contributed by atoms with Crippen molar-refractivity contribution in [1.29, 1.82) is 0 Å². The van der Waals surface area contributed by atoms with E-state index in [2.05, 4.69) is 0 Å². The van der Waals surface area contributed by atoms with Crippen LogP contribution in [-0.4, -0.2) is 16.5 Å². The number of alkyl halides is 1. The van der Waals surface area contributed by atoms with Gasteiger partial charge in [0.15, 0.2) is 0 Å². The number of rotatable bonds is 5. The molecule has 0 aromatic rings. The Morgan fingerprint density at radius 3 is 2.60 bits per heavy atom. The lowest BCUT2D eigenvalue weighted by Gasteiger charge is -2.03. The molecule has 0 saturated carbocycles. The van der Waals surface area contributed by atoms with Crippen LogP contribution in [0.5, 0.6) is 0 Å². The molecule has 1 N–H and O–H groups in total. The zero-order chi connectivity index (χ0) is 7.98. The summed E-state index contributed by atoms with van der Waals surface area (Å²) in [6, 6.07) is 0. The van der Waals surface area contributed by atoms with Crippen LogP contribution in [0.15, 0.2) is 0 Å². The lowest BCUT2D eigenvalue weighted by Crippen LogP contribution is -2.02. The highest BCUT2D eigenvalue weighted by Gasteiger charge is 2.05. The molecule has 0 aliphatic carbocycles. The van der Waals surface area contributed by atoms with Gasteiger partial charge < -0.3 is 5.11 Å². The quantitative estimate of drug-likeness (QED) is 0.633. The lowest BCUT2D eigenvalue weighted by atomic mass is 10.1. The van der Waals surface area contributed by atoms with Crippen molar-refractivity contribution in [2.24, 2.45) is 0 Å². The predicted molar refractivity (Wildman–Crippen MR) is 41.4 cm³/mol. The maximum absolute atomic E-state index is 10.0. The second-order valence-corrected chi connectivity index (χ2v) is 2.94. The molecule has 0 heterocycles. The Morgan fingerprint density at radius 1 is 1.60 bits per heavy atom. The van der Waals surface area contributed by atoms with E-state index in [4.69, 9.17) is 16.7 Å². The van der Waals surface area contributed by atoms with E-state index in [0.717, 1.165) is 12.8 Å². The van der Waals surface area contributed by atoms with Crippen LogP contribution >= 0.6 is 11.6 Å². The second kappa shape index (κ2) is 5.54. The molecule has 0 aliphatic heterocycles. The van der Waals surface area contributed by atoms with E-state index >= 15 is 0 Å². The van der Waals surface area contributed by atoms with Gasteiger partial charge in [-0.15, -0.1) is 11.6 Å². The molecule has 0 amide bonds. The average molecular weight is 165 g/mol. The smallest absolute Gasteiger partial charge is 0.303 e. The maximum atomic E-state index is 10.0.